The van der Waals surface area contributed by atoms with Crippen LogP contribution in [0, 0.1) is 23.7 Å². The van der Waals surface area contributed by atoms with Crippen molar-refractivity contribution in [3.8, 4) is 5.75 Å². The van der Waals surface area contributed by atoms with Gasteiger partial charge in [-0.25, -0.2) is 4.98 Å². The average Bonchev–Trinajstić information content (AvgIpc) is 3.46. The van der Waals surface area contributed by atoms with Crippen molar-refractivity contribution in [2.75, 3.05) is 12.5 Å². The summed E-state index contributed by atoms with van der Waals surface area (Å²) in [6.45, 7) is 0. The number of likely N-dealkylation sites (tertiary alicyclic amines) is 1. The molecule has 1 saturated carbocycles. The molecule has 9 nitrogen and oxygen atoms in total. The van der Waals surface area contributed by atoms with Crippen molar-refractivity contribution >= 4 is 63.4 Å². The minimum absolute atomic E-state index is 0.00480. The first-order valence-corrected chi connectivity index (χ1v) is 16.9. The second-order valence-electron chi connectivity index (χ2n) is 13.4. The molecule has 8 rings (SSSR count). The Labute approximate surface area is 298 Å². The molecule has 0 radical (unpaired) electrons. The Morgan fingerprint density at radius 3 is 2.31 bits per heavy atom. The minimum Gasteiger partial charge on any atom is -0.507 e. The molecule has 14 heteroatoms. The van der Waals surface area contributed by atoms with E-state index < -0.39 is 63.6 Å². The fraction of sp³-hybridized carbons (Fsp3) is 0.270. The van der Waals surface area contributed by atoms with Gasteiger partial charge in [-0.1, -0.05) is 77.3 Å². The highest BCUT2D eigenvalue weighted by atomic mass is 35.5. The lowest BCUT2D eigenvalue weighted by Crippen LogP contribution is -2.53. The van der Waals surface area contributed by atoms with Crippen molar-refractivity contribution in [3.05, 3.63) is 111 Å². The minimum atomic E-state index is -4.74. The van der Waals surface area contributed by atoms with E-state index in [0.29, 0.717) is 44.8 Å². The fourth-order valence-corrected chi connectivity index (χ4v) is 9.18. The van der Waals surface area contributed by atoms with Crippen LogP contribution in [0.5, 0.6) is 5.75 Å². The number of carbonyl (C=O) groups is 4. The van der Waals surface area contributed by atoms with Gasteiger partial charge in [-0.2, -0.15) is 18.2 Å². The standard InChI is InChI=1S/C37H27Cl2F3N4O5/c1-45-32(48)24-11-10-23-25(29(24)34(45)50)15-26-33(49)46(44-31-27(39)14-18(16-43-31)37(40,41)42)35(51)36(26,17-6-8-19(38)9-7-17)30(23)22-12-13-28(47)21-5-3-2-4-20(21)22/h2-10,12-14,16,24-26,29-30,47H,11,15H2,1H3,(H,43,44). The molecular formula is C37H27Cl2F3N4O5. The Hall–Kier alpha value is -4.94. The maximum absolute atomic E-state index is 15.3. The molecule has 4 aromatic rings. The lowest BCUT2D eigenvalue weighted by atomic mass is 9.49. The highest BCUT2D eigenvalue weighted by Crippen LogP contribution is 2.64. The number of pyridine rings is 1. The lowest BCUT2D eigenvalue weighted by Gasteiger charge is -2.51. The number of hydrazine groups is 1. The lowest BCUT2D eigenvalue weighted by molar-refractivity contribution is -0.140. The number of imide groups is 2. The first-order valence-electron chi connectivity index (χ1n) is 16.1. The summed E-state index contributed by atoms with van der Waals surface area (Å²) in [5.41, 5.74) is 1.54. The molecule has 0 bridgehead atoms. The van der Waals surface area contributed by atoms with Gasteiger partial charge in [-0.05, 0) is 59.5 Å². The van der Waals surface area contributed by atoms with Gasteiger partial charge >= 0.3 is 6.18 Å². The van der Waals surface area contributed by atoms with Crippen LogP contribution in [0.4, 0.5) is 19.0 Å². The number of benzene rings is 3. The number of phenolic OH excluding ortho intramolecular Hbond substituents is 1. The van der Waals surface area contributed by atoms with Crippen molar-refractivity contribution in [1.29, 1.82) is 0 Å². The van der Waals surface area contributed by atoms with Crippen LogP contribution in [0.1, 0.15) is 35.4 Å². The van der Waals surface area contributed by atoms with Gasteiger partial charge in [-0.3, -0.25) is 29.5 Å². The summed E-state index contributed by atoms with van der Waals surface area (Å²) >= 11 is 12.6. The first-order chi connectivity index (χ1) is 24.2. The number of alkyl halides is 3. The number of nitrogens with zero attached hydrogens (tertiary/aromatic N) is 3. The number of hydrogen-bond acceptors (Lipinski definition) is 7. The van der Waals surface area contributed by atoms with Gasteiger partial charge in [0.15, 0.2) is 5.82 Å². The third-order valence-electron chi connectivity index (χ3n) is 11.0. The van der Waals surface area contributed by atoms with Crippen molar-refractivity contribution in [2.24, 2.45) is 23.7 Å². The molecule has 0 spiro atoms. The second-order valence-corrected chi connectivity index (χ2v) is 14.2. The number of allylic oxidation sites excluding steroid dienone is 2. The molecule has 2 N–H and O–H groups in total. The number of hydrogen-bond donors (Lipinski definition) is 2. The molecule has 4 amide bonds. The number of anilines is 1. The number of carbonyl (C=O) groups excluding carboxylic acids is 4. The van der Waals surface area contributed by atoms with Crippen LogP contribution in [0.2, 0.25) is 10.0 Å². The highest BCUT2D eigenvalue weighted by molar-refractivity contribution is 6.33. The molecule has 4 aliphatic rings. The summed E-state index contributed by atoms with van der Waals surface area (Å²) in [5, 5.41) is 12.6. The number of fused-ring (bicyclic) bond motifs is 5. The van der Waals surface area contributed by atoms with Crippen molar-refractivity contribution in [3.63, 3.8) is 0 Å². The number of aromatic hydroxyl groups is 1. The quantitative estimate of drug-likeness (QED) is 0.173. The molecule has 3 heterocycles. The Morgan fingerprint density at radius 2 is 1.63 bits per heavy atom. The van der Waals surface area contributed by atoms with Gasteiger partial charge in [0.25, 0.3) is 11.8 Å². The van der Waals surface area contributed by atoms with E-state index >= 15 is 4.79 Å². The van der Waals surface area contributed by atoms with E-state index in [-0.39, 0.29) is 36.2 Å². The van der Waals surface area contributed by atoms with Crippen molar-refractivity contribution < 1.29 is 37.5 Å². The molecule has 3 aromatic carbocycles. The molecule has 51 heavy (non-hydrogen) atoms. The van der Waals surface area contributed by atoms with Crippen LogP contribution in [-0.4, -0.2) is 50.7 Å². The summed E-state index contributed by atoms with van der Waals surface area (Å²) < 4.78 is 40.3. The topological polar surface area (TPSA) is 120 Å². The second kappa shape index (κ2) is 11.5. The van der Waals surface area contributed by atoms with Crippen LogP contribution >= 0.6 is 23.2 Å². The molecule has 3 fully saturated rings. The third-order valence-corrected chi connectivity index (χ3v) is 11.6. The number of phenols is 1. The Morgan fingerprint density at radius 1 is 0.922 bits per heavy atom. The van der Waals surface area contributed by atoms with Crippen molar-refractivity contribution in [2.45, 2.75) is 30.4 Å². The Bertz CT molecular complexity index is 2230. The molecule has 2 aliphatic carbocycles. The maximum atomic E-state index is 15.3. The predicted molar refractivity (Wildman–Crippen MR) is 180 cm³/mol. The SMILES string of the molecule is CN1C(=O)C2CC=C3C(CC4C(=O)N(Nc5ncc(C(F)(F)F)cc5Cl)C(=O)C4(c4ccc(Cl)cc4)C3c3ccc(O)c4ccccc34)C2C1=O. The Kier molecular flexibility index (Phi) is 7.52. The van der Waals surface area contributed by atoms with Crippen LogP contribution in [0.25, 0.3) is 10.8 Å². The van der Waals surface area contributed by atoms with Gasteiger partial charge in [0, 0.05) is 29.6 Å². The maximum Gasteiger partial charge on any atom is 0.417 e. The molecule has 2 saturated heterocycles. The van der Waals surface area contributed by atoms with Crippen LogP contribution in [0.3, 0.4) is 0 Å². The normalized spacial score (nSPS) is 27.4. The summed E-state index contributed by atoms with van der Waals surface area (Å²) in [4.78, 5) is 61.9. The zero-order chi connectivity index (χ0) is 36.1. The van der Waals surface area contributed by atoms with E-state index in [1.165, 1.54) is 13.1 Å². The largest absolute Gasteiger partial charge is 0.507 e. The first kappa shape index (κ1) is 33.2. The van der Waals surface area contributed by atoms with Gasteiger partial charge in [0.2, 0.25) is 11.8 Å². The summed E-state index contributed by atoms with van der Waals surface area (Å²) in [5.74, 6) is -6.60. The van der Waals surface area contributed by atoms with Crippen molar-refractivity contribution in [1.82, 2.24) is 14.9 Å². The van der Waals surface area contributed by atoms with Gasteiger partial charge in [-0.15, -0.1) is 0 Å². The fourth-order valence-electron chi connectivity index (χ4n) is 8.84. The zero-order valence-electron chi connectivity index (χ0n) is 26.6. The number of nitrogens with one attached hydrogen (secondary N) is 1. The molecule has 6 unspecified atom stereocenters. The Balaban J connectivity index is 1.38. The van der Waals surface area contributed by atoms with E-state index in [2.05, 4.69) is 10.4 Å². The molecule has 1 aromatic heterocycles. The number of rotatable bonds is 4. The molecular weight excluding hydrogens is 708 g/mol. The van der Waals surface area contributed by atoms with E-state index in [1.807, 2.05) is 6.08 Å². The van der Waals surface area contributed by atoms with Gasteiger partial charge in [0.1, 0.15) is 5.75 Å². The van der Waals surface area contributed by atoms with Crippen LogP contribution in [0.15, 0.2) is 84.6 Å². The summed E-state index contributed by atoms with van der Waals surface area (Å²) in [7, 11) is 1.44. The zero-order valence-corrected chi connectivity index (χ0v) is 28.1. The van der Waals surface area contributed by atoms with E-state index in [0.717, 1.165) is 9.91 Å². The van der Waals surface area contributed by atoms with Gasteiger partial charge < -0.3 is 5.11 Å². The molecule has 2 aliphatic heterocycles. The van der Waals surface area contributed by atoms with Crippen LogP contribution in [-0.2, 0) is 30.8 Å². The van der Waals surface area contributed by atoms with E-state index in [1.54, 1.807) is 54.6 Å². The average molecular weight is 736 g/mol. The smallest absolute Gasteiger partial charge is 0.417 e. The van der Waals surface area contributed by atoms with Gasteiger partial charge in [0.05, 0.1) is 33.8 Å². The third kappa shape index (κ3) is 4.72. The van der Waals surface area contributed by atoms with E-state index in [9.17, 15) is 32.7 Å². The van der Waals surface area contributed by atoms with E-state index in [4.69, 9.17) is 23.2 Å². The molecule has 6 atom stereocenters. The number of halogens is 5. The summed E-state index contributed by atoms with van der Waals surface area (Å²) in [6, 6.07) is 17.4. The summed E-state index contributed by atoms with van der Waals surface area (Å²) in [6.07, 6.45) is -2.05. The molecule has 260 valence electrons. The van der Waals surface area contributed by atoms with Crippen LogP contribution < -0.4 is 5.43 Å². The monoisotopic (exact) mass is 734 g/mol. The predicted octanol–water partition coefficient (Wildman–Crippen LogP) is 6.88. The highest BCUT2D eigenvalue weighted by Gasteiger charge is 2.70. The number of amides is 4. The number of aromatic nitrogens is 1.